The maximum atomic E-state index is 12.2. The molecule has 0 aliphatic rings. The van der Waals surface area contributed by atoms with Crippen LogP contribution in [0.4, 0.5) is 0 Å². The van der Waals surface area contributed by atoms with Crippen molar-refractivity contribution in [2.24, 2.45) is 0 Å². The molecular formula is C15H19NO3. The molecule has 19 heavy (non-hydrogen) atoms. The van der Waals surface area contributed by atoms with Crippen molar-refractivity contribution in [3.8, 4) is 0 Å². The number of amides is 1. The van der Waals surface area contributed by atoms with E-state index < -0.39 is 5.97 Å². The molecule has 4 heteroatoms. The Morgan fingerprint density at radius 1 is 1.26 bits per heavy atom. The second-order valence-electron chi connectivity index (χ2n) is 4.81. The molecule has 4 nitrogen and oxygen atoms in total. The SMILES string of the molecule is Cc1cc(/C=C/C(=O)O)cc(C(=O)N(C)C(C)C)c1. The Morgan fingerprint density at radius 2 is 1.89 bits per heavy atom. The Bertz CT molecular complexity index is 518. The van der Waals surface area contributed by atoms with E-state index in [4.69, 9.17) is 5.11 Å². The van der Waals surface area contributed by atoms with Crippen LogP contribution in [0.2, 0.25) is 0 Å². The Kier molecular flexibility index (Phi) is 4.87. The predicted molar refractivity (Wildman–Crippen MR) is 75.1 cm³/mol. The number of carboxylic acids is 1. The van der Waals surface area contributed by atoms with Gasteiger partial charge in [0.1, 0.15) is 0 Å². The number of carboxylic acid groups (broad SMARTS) is 1. The van der Waals surface area contributed by atoms with Crippen molar-refractivity contribution in [2.45, 2.75) is 26.8 Å². The monoisotopic (exact) mass is 261 g/mol. The fraction of sp³-hybridized carbons (Fsp3) is 0.333. The zero-order valence-electron chi connectivity index (χ0n) is 11.7. The lowest BCUT2D eigenvalue weighted by molar-refractivity contribution is -0.131. The zero-order valence-corrected chi connectivity index (χ0v) is 11.7. The summed E-state index contributed by atoms with van der Waals surface area (Å²) in [5.74, 6) is -1.07. The molecule has 1 aromatic rings. The van der Waals surface area contributed by atoms with E-state index in [0.29, 0.717) is 11.1 Å². The van der Waals surface area contributed by atoms with Gasteiger partial charge in [-0.25, -0.2) is 4.79 Å². The van der Waals surface area contributed by atoms with Crippen LogP contribution in [0.5, 0.6) is 0 Å². The van der Waals surface area contributed by atoms with Crippen molar-refractivity contribution >= 4 is 18.0 Å². The molecule has 1 N–H and O–H groups in total. The molecule has 102 valence electrons. The molecule has 0 aromatic heterocycles. The number of benzene rings is 1. The van der Waals surface area contributed by atoms with Gasteiger partial charge in [0.25, 0.3) is 5.91 Å². The summed E-state index contributed by atoms with van der Waals surface area (Å²) in [6, 6.07) is 5.46. The number of aryl methyl sites for hydroxylation is 1. The van der Waals surface area contributed by atoms with Crippen molar-refractivity contribution in [3.05, 3.63) is 41.0 Å². The predicted octanol–water partition coefficient (Wildman–Crippen LogP) is 2.57. The fourth-order valence-corrected chi connectivity index (χ4v) is 1.64. The number of rotatable bonds is 4. The molecule has 0 unspecified atom stereocenters. The summed E-state index contributed by atoms with van der Waals surface area (Å²) in [5, 5.41) is 8.62. The summed E-state index contributed by atoms with van der Waals surface area (Å²) in [4.78, 5) is 24.4. The van der Waals surface area contributed by atoms with E-state index in [2.05, 4.69) is 0 Å². The molecule has 0 aliphatic carbocycles. The first-order valence-corrected chi connectivity index (χ1v) is 6.11. The van der Waals surface area contributed by atoms with Crippen LogP contribution < -0.4 is 0 Å². The standard InChI is InChI=1S/C15H19NO3/c1-10(2)16(4)15(19)13-8-11(3)7-12(9-13)5-6-14(17)18/h5-10H,1-4H3,(H,17,18)/b6-5+. The highest BCUT2D eigenvalue weighted by Gasteiger charge is 2.14. The van der Waals surface area contributed by atoms with Gasteiger partial charge >= 0.3 is 5.97 Å². The van der Waals surface area contributed by atoms with Gasteiger partial charge in [-0.3, -0.25) is 4.79 Å². The third kappa shape index (κ3) is 4.25. The number of carbonyl (C=O) groups is 2. The Morgan fingerprint density at radius 3 is 2.42 bits per heavy atom. The van der Waals surface area contributed by atoms with Crippen molar-refractivity contribution in [3.63, 3.8) is 0 Å². The molecule has 0 saturated heterocycles. The number of nitrogens with zero attached hydrogens (tertiary/aromatic N) is 1. The summed E-state index contributed by atoms with van der Waals surface area (Å²) in [5.41, 5.74) is 2.21. The molecule has 0 fully saturated rings. The summed E-state index contributed by atoms with van der Waals surface area (Å²) in [6.07, 6.45) is 2.55. The summed E-state index contributed by atoms with van der Waals surface area (Å²) < 4.78 is 0. The van der Waals surface area contributed by atoms with E-state index in [1.807, 2.05) is 26.8 Å². The lowest BCUT2D eigenvalue weighted by Crippen LogP contribution is -2.33. The highest BCUT2D eigenvalue weighted by Crippen LogP contribution is 2.14. The Hall–Kier alpha value is -2.10. The molecule has 0 bridgehead atoms. The highest BCUT2D eigenvalue weighted by atomic mass is 16.4. The van der Waals surface area contributed by atoms with Gasteiger partial charge in [0.05, 0.1) is 0 Å². The molecule has 0 atom stereocenters. The van der Waals surface area contributed by atoms with Gasteiger partial charge in [-0.2, -0.15) is 0 Å². The van der Waals surface area contributed by atoms with E-state index in [0.717, 1.165) is 11.6 Å². The first-order chi connectivity index (χ1) is 8.81. The minimum Gasteiger partial charge on any atom is -0.478 e. The first-order valence-electron chi connectivity index (χ1n) is 6.11. The molecule has 1 aromatic carbocycles. The third-order valence-electron chi connectivity index (χ3n) is 2.86. The van der Waals surface area contributed by atoms with Crippen molar-refractivity contribution in [1.82, 2.24) is 4.90 Å². The van der Waals surface area contributed by atoms with E-state index in [1.54, 1.807) is 24.1 Å². The maximum Gasteiger partial charge on any atom is 0.328 e. The number of hydrogen-bond acceptors (Lipinski definition) is 2. The van der Waals surface area contributed by atoms with Gasteiger partial charge in [0.2, 0.25) is 0 Å². The topological polar surface area (TPSA) is 57.6 Å². The van der Waals surface area contributed by atoms with Gasteiger partial charge < -0.3 is 10.0 Å². The number of aliphatic carboxylic acids is 1. The van der Waals surface area contributed by atoms with Gasteiger partial charge in [0.15, 0.2) is 0 Å². The molecule has 1 amide bonds. The normalized spacial score (nSPS) is 11.0. The van der Waals surface area contributed by atoms with Crippen molar-refractivity contribution in [2.75, 3.05) is 7.05 Å². The van der Waals surface area contributed by atoms with Crippen molar-refractivity contribution < 1.29 is 14.7 Å². The second kappa shape index (κ2) is 6.18. The zero-order chi connectivity index (χ0) is 14.6. The molecule has 1 rings (SSSR count). The number of hydrogen-bond donors (Lipinski definition) is 1. The Labute approximate surface area is 113 Å². The van der Waals surface area contributed by atoms with Crippen LogP contribution in [-0.4, -0.2) is 35.0 Å². The Balaban J connectivity index is 3.09. The molecule has 0 heterocycles. The summed E-state index contributed by atoms with van der Waals surface area (Å²) in [6.45, 7) is 5.77. The molecule has 0 saturated carbocycles. The van der Waals surface area contributed by atoms with Crippen molar-refractivity contribution in [1.29, 1.82) is 0 Å². The van der Waals surface area contributed by atoms with E-state index >= 15 is 0 Å². The maximum absolute atomic E-state index is 12.2. The van der Waals surface area contributed by atoms with Crippen LogP contribution in [0.25, 0.3) is 6.08 Å². The fourth-order valence-electron chi connectivity index (χ4n) is 1.64. The van der Waals surface area contributed by atoms with Gasteiger partial charge in [-0.1, -0.05) is 6.07 Å². The van der Waals surface area contributed by atoms with Crippen LogP contribution >= 0.6 is 0 Å². The first kappa shape index (κ1) is 15.0. The minimum absolute atomic E-state index is 0.0660. The average molecular weight is 261 g/mol. The highest BCUT2D eigenvalue weighted by molar-refractivity contribution is 5.95. The van der Waals surface area contributed by atoms with Gasteiger partial charge in [-0.15, -0.1) is 0 Å². The minimum atomic E-state index is -1.01. The largest absolute Gasteiger partial charge is 0.478 e. The molecule has 0 spiro atoms. The average Bonchev–Trinajstić information content (AvgIpc) is 2.33. The summed E-state index contributed by atoms with van der Waals surface area (Å²) in [7, 11) is 1.75. The molecule has 0 radical (unpaired) electrons. The van der Waals surface area contributed by atoms with E-state index in [9.17, 15) is 9.59 Å². The van der Waals surface area contributed by atoms with E-state index in [-0.39, 0.29) is 11.9 Å². The van der Waals surface area contributed by atoms with Crippen LogP contribution in [0.15, 0.2) is 24.3 Å². The van der Waals surface area contributed by atoms with Crippen LogP contribution in [-0.2, 0) is 4.79 Å². The van der Waals surface area contributed by atoms with E-state index in [1.165, 1.54) is 6.08 Å². The van der Waals surface area contributed by atoms with Gasteiger partial charge in [-0.05, 0) is 50.1 Å². The van der Waals surface area contributed by atoms with Gasteiger partial charge in [0, 0.05) is 24.7 Å². The van der Waals surface area contributed by atoms with Crippen LogP contribution in [0.1, 0.15) is 35.3 Å². The van der Waals surface area contributed by atoms with Crippen LogP contribution in [0.3, 0.4) is 0 Å². The lowest BCUT2D eigenvalue weighted by atomic mass is 10.0. The number of carbonyl (C=O) groups excluding carboxylic acids is 1. The quantitative estimate of drug-likeness (QED) is 0.847. The second-order valence-corrected chi connectivity index (χ2v) is 4.81. The van der Waals surface area contributed by atoms with Crippen LogP contribution in [0, 0.1) is 6.92 Å². The summed E-state index contributed by atoms with van der Waals surface area (Å²) >= 11 is 0. The third-order valence-corrected chi connectivity index (χ3v) is 2.86. The molecule has 0 aliphatic heterocycles. The lowest BCUT2D eigenvalue weighted by Gasteiger charge is -2.21. The molecular weight excluding hydrogens is 242 g/mol. The smallest absolute Gasteiger partial charge is 0.328 e.